The summed E-state index contributed by atoms with van der Waals surface area (Å²) in [7, 11) is 3.49. The van der Waals surface area contributed by atoms with Gasteiger partial charge in [0.15, 0.2) is 0 Å². The second-order valence-electron chi connectivity index (χ2n) is 5.33. The second kappa shape index (κ2) is 4.61. The summed E-state index contributed by atoms with van der Waals surface area (Å²) in [6, 6.07) is 0. The first-order chi connectivity index (χ1) is 9.14. The van der Waals surface area contributed by atoms with E-state index >= 15 is 0 Å². The van der Waals surface area contributed by atoms with Crippen molar-refractivity contribution in [1.29, 1.82) is 0 Å². The number of aromatic nitrogens is 2. The zero-order chi connectivity index (χ0) is 13.5. The van der Waals surface area contributed by atoms with Crippen LogP contribution >= 0.6 is 0 Å². The van der Waals surface area contributed by atoms with Crippen LogP contribution < -0.4 is 0 Å². The van der Waals surface area contributed by atoms with Gasteiger partial charge in [0.25, 0.3) is 5.91 Å². The van der Waals surface area contributed by atoms with E-state index in [1.54, 1.807) is 31.2 Å². The van der Waals surface area contributed by atoms with Gasteiger partial charge >= 0.3 is 0 Å². The average molecular weight is 265 g/mol. The van der Waals surface area contributed by atoms with Crippen LogP contribution in [0.4, 0.5) is 0 Å². The fraction of sp³-hybridized carbons (Fsp3) is 0.692. The maximum absolute atomic E-state index is 12.4. The van der Waals surface area contributed by atoms with Crippen molar-refractivity contribution >= 4 is 5.91 Å². The van der Waals surface area contributed by atoms with Crippen molar-refractivity contribution in [1.82, 2.24) is 14.7 Å². The van der Waals surface area contributed by atoms with E-state index in [0.717, 1.165) is 19.4 Å². The number of likely N-dealkylation sites (tertiary alicyclic amines) is 1. The van der Waals surface area contributed by atoms with E-state index in [4.69, 9.17) is 9.47 Å². The Morgan fingerprint density at radius 3 is 3.05 bits per heavy atom. The van der Waals surface area contributed by atoms with Crippen LogP contribution in [0.2, 0.25) is 0 Å². The minimum absolute atomic E-state index is 0.00234. The Morgan fingerprint density at radius 1 is 1.63 bits per heavy atom. The minimum Gasteiger partial charge on any atom is -0.377 e. The molecule has 6 heteroatoms. The molecule has 104 valence electrons. The van der Waals surface area contributed by atoms with Gasteiger partial charge in [-0.3, -0.25) is 9.48 Å². The van der Waals surface area contributed by atoms with E-state index in [2.05, 4.69) is 5.10 Å². The van der Waals surface area contributed by atoms with Gasteiger partial charge in [-0.05, 0) is 12.8 Å². The number of carbonyl (C=O) groups excluding carboxylic acids is 1. The fourth-order valence-electron chi connectivity index (χ4n) is 3.11. The predicted octanol–water partition coefficient (Wildman–Crippen LogP) is 0.440. The highest BCUT2D eigenvalue weighted by atomic mass is 16.6. The first-order valence-electron chi connectivity index (χ1n) is 6.59. The number of hydrogen-bond donors (Lipinski definition) is 0. The van der Waals surface area contributed by atoms with Gasteiger partial charge in [0.05, 0.1) is 24.8 Å². The molecule has 3 rings (SSSR count). The Kier molecular flexibility index (Phi) is 3.06. The zero-order valence-corrected chi connectivity index (χ0v) is 11.3. The summed E-state index contributed by atoms with van der Waals surface area (Å²) in [5.41, 5.74) is 0.319. The van der Waals surface area contributed by atoms with Gasteiger partial charge in [-0.2, -0.15) is 5.10 Å². The number of hydrogen-bond acceptors (Lipinski definition) is 4. The van der Waals surface area contributed by atoms with Gasteiger partial charge in [0.2, 0.25) is 0 Å². The van der Waals surface area contributed by atoms with Crippen molar-refractivity contribution < 1.29 is 14.3 Å². The normalized spacial score (nSPS) is 30.4. The Morgan fingerprint density at radius 2 is 2.47 bits per heavy atom. The van der Waals surface area contributed by atoms with Gasteiger partial charge in [0, 0.05) is 27.0 Å². The molecule has 0 aromatic carbocycles. The molecule has 1 aromatic rings. The lowest BCUT2D eigenvalue weighted by atomic mass is 9.96. The quantitative estimate of drug-likeness (QED) is 0.778. The molecular formula is C13H19N3O3. The van der Waals surface area contributed by atoms with Crippen molar-refractivity contribution in [2.45, 2.75) is 24.5 Å². The SMILES string of the molecule is CO[C@H]1CN(C(=O)c2cnn(C)c2)C[C@@]12CCCO2. The highest BCUT2D eigenvalue weighted by Gasteiger charge is 2.51. The van der Waals surface area contributed by atoms with E-state index in [1.807, 2.05) is 4.90 Å². The van der Waals surface area contributed by atoms with Crippen molar-refractivity contribution in [3.63, 3.8) is 0 Å². The molecule has 0 unspecified atom stereocenters. The number of methoxy groups -OCH3 is 1. The highest BCUT2D eigenvalue weighted by Crippen LogP contribution is 2.37. The molecule has 1 aromatic heterocycles. The minimum atomic E-state index is -0.299. The molecule has 0 aliphatic carbocycles. The largest absolute Gasteiger partial charge is 0.377 e. The summed E-state index contributed by atoms with van der Waals surface area (Å²) < 4.78 is 13.1. The standard InChI is InChI=1S/C13H19N3O3/c1-15-7-10(6-14-15)12(17)16-8-11(18-2)13(9-16)4-3-5-19-13/h6-7,11H,3-5,8-9H2,1-2H3/t11-,13-/m0/s1. The van der Waals surface area contributed by atoms with Crippen LogP contribution in [0.15, 0.2) is 12.4 Å². The molecule has 1 spiro atoms. The molecule has 2 aliphatic rings. The molecule has 2 saturated heterocycles. The van der Waals surface area contributed by atoms with Crippen LogP contribution in [0.3, 0.4) is 0 Å². The van der Waals surface area contributed by atoms with Crippen molar-refractivity contribution in [2.75, 3.05) is 26.8 Å². The van der Waals surface area contributed by atoms with E-state index in [1.165, 1.54) is 0 Å². The van der Waals surface area contributed by atoms with Crippen molar-refractivity contribution in [2.24, 2.45) is 7.05 Å². The third kappa shape index (κ3) is 2.04. The third-order valence-electron chi connectivity index (χ3n) is 4.09. The summed E-state index contributed by atoms with van der Waals surface area (Å²) in [6.07, 6.45) is 5.31. The number of aryl methyl sites for hydroxylation is 1. The Bertz CT molecular complexity index is 479. The smallest absolute Gasteiger partial charge is 0.257 e. The first kappa shape index (κ1) is 12.6. The number of nitrogens with zero attached hydrogens (tertiary/aromatic N) is 3. The van der Waals surface area contributed by atoms with Crippen LogP contribution in [0.5, 0.6) is 0 Å². The zero-order valence-electron chi connectivity index (χ0n) is 11.3. The maximum atomic E-state index is 12.4. The molecule has 2 fully saturated rings. The van der Waals surface area contributed by atoms with Crippen LogP contribution in [-0.2, 0) is 16.5 Å². The molecule has 0 radical (unpaired) electrons. The van der Waals surface area contributed by atoms with E-state index in [9.17, 15) is 4.79 Å². The molecule has 2 aliphatic heterocycles. The van der Waals surface area contributed by atoms with E-state index in [-0.39, 0.29) is 17.6 Å². The Hall–Kier alpha value is -1.40. The molecule has 0 N–H and O–H groups in total. The van der Waals surface area contributed by atoms with E-state index in [0.29, 0.717) is 18.7 Å². The van der Waals surface area contributed by atoms with Gasteiger partial charge < -0.3 is 14.4 Å². The number of rotatable bonds is 2. The second-order valence-corrected chi connectivity index (χ2v) is 5.33. The molecular weight excluding hydrogens is 246 g/mol. The Balaban J connectivity index is 1.78. The third-order valence-corrected chi connectivity index (χ3v) is 4.09. The van der Waals surface area contributed by atoms with Gasteiger partial charge in [0.1, 0.15) is 11.7 Å². The summed E-state index contributed by atoms with van der Waals surface area (Å²) in [5.74, 6) is 0.00234. The summed E-state index contributed by atoms with van der Waals surface area (Å²) in [5, 5.41) is 4.04. The number of amides is 1. The van der Waals surface area contributed by atoms with Crippen LogP contribution in [0.25, 0.3) is 0 Å². The van der Waals surface area contributed by atoms with Gasteiger partial charge in [-0.25, -0.2) is 0 Å². The Labute approximate surface area is 112 Å². The molecule has 0 bridgehead atoms. The lowest BCUT2D eigenvalue weighted by Gasteiger charge is -2.27. The van der Waals surface area contributed by atoms with Gasteiger partial charge in [-0.15, -0.1) is 0 Å². The van der Waals surface area contributed by atoms with Crippen LogP contribution in [0, 0.1) is 0 Å². The summed E-state index contributed by atoms with van der Waals surface area (Å²) in [6.45, 7) is 1.96. The average Bonchev–Trinajstić information content (AvgIpc) is 3.10. The molecule has 1 amide bonds. The molecule has 0 saturated carbocycles. The molecule has 6 nitrogen and oxygen atoms in total. The first-order valence-corrected chi connectivity index (χ1v) is 6.59. The maximum Gasteiger partial charge on any atom is 0.257 e. The van der Waals surface area contributed by atoms with E-state index < -0.39 is 0 Å². The van der Waals surface area contributed by atoms with Crippen molar-refractivity contribution in [3.8, 4) is 0 Å². The molecule has 2 atom stereocenters. The molecule has 3 heterocycles. The van der Waals surface area contributed by atoms with Crippen LogP contribution in [-0.4, -0.2) is 59.1 Å². The monoisotopic (exact) mass is 265 g/mol. The van der Waals surface area contributed by atoms with Crippen molar-refractivity contribution in [3.05, 3.63) is 18.0 Å². The topological polar surface area (TPSA) is 56.6 Å². The lowest BCUT2D eigenvalue weighted by Crippen LogP contribution is -2.42. The summed E-state index contributed by atoms with van der Waals surface area (Å²) >= 11 is 0. The number of ether oxygens (including phenoxy) is 2. The fourth-order valence-corrected chi connectivity index (χ4v) is 3.11. The predicted molar refractivity (Wildman–Crippen MR) is 67.8 cm³/mol. The van der Waals surface area contributed by atoms with Gasteiger partial charge in [-0.1, -0.05) is 0 Å². The molecule has 19 heavy (non-hydrogen) atoms. The summed E-state index contributed by atoms with van der Waals surface area (Å²) in [4.78, 5) is 14.2. The lowest BCUT2D eigenvalue weighted by molar-refractivity contribution is -0.0754. The number of carbonyl (C=O) groups is 1. The highest BCUT2D eigenvalue weighted by molar-refractivity contribution is 5.94. The van der Waals surface area contributed by atoms with Crippen LogP contribution in [0.1, 0.15) is 23.2 Å².